The maximum Gasteiger partial charge on any atom is 0.357 e. The van der Waals surface area contributed by atoms with E-state index in [1.165, 1.54) is 69.2 Å². The molecule has 0 aromatic carbocycles. The molecule has 0 aliphatic rings. The van der Waals surface area contributed by atoms with E-state index in [9.17, 15) is 67.7 Å². The van der Waals surface area contributed by atoms with Gasteiger partial charge in [-0.25, -0.2) is 67.9 Å². The summed E-state index contributed by atoms with van der Waals surface area (Å²) in [6, 6.07) is 12.3. The van der Waals surface area contributed by atoms with Crippen LogP contribution in [0.1, 0.15) is 118 Å². The van der Waals surface area contributed by atoms with Gasteiger partial charge in [-0.15, -0.1) is 0 Å². The number of carboxylic acid groups (broad SMARTS) is 4. The predicted molar refractivity (Wildman–Crippen MR) is 243 cm³/mol. The minimum Gasteiger partial charge on any atom is -0.545 e. The first-order chi connectivity index (χ1) is 36.1. The van der Waals surface area contributed by atoms with E-state index in [4.69, 9.17) is 19.7 Å². The number of aromatic carboxylic acids is 4. The van der Waals surface area contributed by atoms with Gasteiger partial charge >= 0.3 is 59.7 Å². The van der Waals surface area contributed by atoms with Crippen molar-refractivity contribution in [3.05, 3.63) is 148 Å². The molecule has 29 heteroatoms. The van der Waals surface area contributed by atoms with Crippen molar-refractivity contribution >= 4 is 71.6 Å². The van der Waals surface area contributed by atoms with Crippen molar-refractivity contribution in [3.63, 3.8) is 0 Å². The van der Waals surface area contributed by atoms with E-state index in [1.807, 2.05) is 0 Å². The lowest BCUT2D eigenvalue weighted by atomic mass is 10.2. The number of nitrogens with zero attached hydrogens (tertiary/aromatic N) is 5. The smallest absolute Gasteiger partial charge is 0.357 e. The van der Waals surface area contributed by atoms with Crippen molar-refractivity contribution in [1.82, 2.24) is 24.9 Å². The number of ether oxygens (including phenoxy) is 8. The van der Waals surface area contributed by atoms with Crippen LogP contribution < -0.4 is 10.2 Å². The molecule has 0 aliphatic heterocycles. The Kier molecular flexibility index (Phi) is 28.3. The maximum atomic E-state index is 11.7. The van der Waals surface area contributed by atoms with Gasteiger partial charge in [-0.2, -0.15) is 0 Å². The number of pyridine rings is 5. The highest BCUT2D eigenvalue weighted by Gasteiger charge is 2.17. The molecule has 0 spiro atoms. The maximum absolute atomic E-state index is 11.7. The quantitative estimate of drug-likeness (QED) is 0.0978. The van der Waals surface area contributed by atoms with Crippen molar-refractivity contribution in [3.8, 4) is 0 Å². The normalized spacial score (nSPS) is 9.45. The van der Waals surface area contributed by atoms with Crippen molar-refractivity contribution in [2.45, 2.75) is 13.8 Å². The highest BCUT2D eigenvalue weighted by molar-refractivity contribution is 5.96. The van der Waals surface area contributed by atoms with Crippen LogP contribution in [0.25, 0.3) is 0 Å². The van der Waals surface area contributed by atoms with Crippen molar-refractivity contribution < 1.29 is 116 Å². The topological polar surface area (TPSA) is 430 Å². The van der Waals surface area contributed by atoms with Gasteiger partial charge in [0.2, 0.25) is 0 Å². The average Bonchev–Trinajstić information content (AvgIpc) is 3.43. The van der Waals surface area contributed by atoms with Gasteiger partial charge in [-0.05, 0) is 74.5 Å². The zero-order valence-corrected chi connectivity index (χ0v) is 40.6. The van der Waals surface area contributed by atoms with Gasteiger partial charge in [0, 0.05) is 36.5 Å². The summed E-state index contributed by atoms with van der Waals surface area (Å²) in [6.45, 7) is 2.84. The summed E-state index contributed by atoms with van der Waals surface area (Å²) in [7, 11) is 4.81. The average molecular weight is 1060 g/mol. The van der Waals surface area contributed by atoms with Crippen LogP contribution in [0.15, 0.2) is 91.6 Å². The summed E-state index contributed by atoms with van der Waals surface area (Å²) in [4.78, 5) is 149. The number of carbonyl (C=O) groups is 12. The Morgan fingerprint density at radius 3 is 1.11 bits per heavy atom. The van der Waals surface area contributed by atoms with Gasteiger partial charge in [-0.1, -0.05) is 0 Å². The molecule has 402 valence electrons. The molecule has 0 radical (unpaired) electrons. The summed E-state index contributed by atoms with van der Waals surface area (Å²) < 4.78 is 36.4. The Morgan fingerprint density at radius 1 is 0.382 bits per heavy atom. The van der Waals surface area contributed by atoms with Crippen LogP contribution in [-0.2, 0) is 47.5 Å². The summed E-state index contributed by atoms with van der Waals surface area (Å²) >= 11 is 0. The van der Waals surface area contributed by atoms with E-state index in [2.05, 4.69) is 53.3 Å². The van der Waals surface area contributed by atoms with Crippen molar-refractivity contribution in [2.75, 3.05) is 54.9 Å². The summed E-state index contributed by atoms with van der Waals surface area (Å²) in [5, 5.41) is 37.3. The first-order valence-corrected chi connectivity index (χ1v) is 20.8. The molecule has 76 heavy (non-hydrogen) atoms. The van der Waals surface area contributed by atoms with Gasteiger partial charge in [0.05, 0.1) is 81.5 Å². The third kappa shape index (κ3) is 23.1. The number of hydrogen-bond acceptors (Lipinski definition) is 27. The van der Waals surface area contributed by atoms with Crippen LogP contribution in [0.4, 0.5) is 0 Å². The lowest BCUT2D eigenvalue weighted by Gasteiger charge is -2.05. The Balaban J connectivity index is 0.000000484. The Hall–Kier alpha value is -10.6. The van der Waals surface area contributed by atoms with Crippen LogP contribution in [-0.4, -0.2) is 162 Å². The lowest BCUT2D eigenvalue weighted by molar-refractivity contribution is -0.255. The number of esters is 8. The van der Waals surface area contributed by atoms with Crippen molar-refractivity contribution in [2.24, 2.45) is 0 Å². The number of methoxy groups -OCH3 is 4. The first kappa shape index (κ1) is 63.4. The third-order valence-corrected chi connectivity index (χ3v) is 8.06. The largest absolute Gasteiger partial charge is 0.545 e. The van der Waals surface area contributed by atoms with Crippen LogP contribution >= 0.6 is 0 Å². The Morgan fingerprint density at radius 2 is 0.711 bits per heavy atom. The molecule has 0 unspecified atom stereocenters. The molecule has 5 heterocycles. The molecule has 0 fully saturated rings. The highest BCUT2D eigenvalue weighted by Crippen LogP contribution is 2.08. The fraction of sp³-hybridized carbons (Fsp3) is 0.213. The lowest BCUT2D eigenvalue weighted by Crippen LogP contribution is -2.26. The monoisotopic (exact) mass is 1060 g/mol. The molecule has 0 saturated carbocycles. The fourth-order valence-electron chi connectivity index (χ4n) is 4.52. The van der Waals surface area contributed by atoms with Gasteiger partial charge in [-0.3, -0.25) is 4.98 Å². The molecular weight excluding hydrogens is 1020 g/mol. The van der Waals surface area contributed by atoms with E-state index in [0.717, 1.165) is 50.9 Å². The van der Waals surface area contributed by atoms with Crippen LogP contribution in [0.5, 0.6) is 0 Å². The molecule has 0 atom stereocenters. The van der Waals surface area contributed by atoms with E-state index in [1.54, 1.807) is 13.8 Å². The van der Waals surface area contributed by atoms with Crippen LogP contribution in [0.2, 0.25) is 0 Å². The molecule has 0 bridgehead atoms. The predicted octanol–water partition coefficient (Wildman–Crippen LogP) is 0.118. The Bertz CT molecular complexity index is 2650. The minimum atomic E-state index is -1.52. The van der Waals surface area contributed by atoms with E-state index in [-0.39, 0.29) is 58.2 Å². The van der Waals surface area contributed by atoms with Gasteiger partial charge in [0.1, 0.15) is 22.8 Å². The van der Waals surface area contributed by atoms with Gasteiger partial charge in [0.25, 0.3) is 0 Å². The fourth-order valence-corrected chi connectivity index (χ4v) is 4.52. The molecular formula is C47H43N5O24-2. The zero-order valence-electron chi connectivity index (χ0n) is 40.6. The van der Waals surface area contributed by atoms with E-state index in [0.29, 0.717) is 5.56 Å². The molecule has 5 aromatic heterocycles. The second kappa shape index (κ2) is 33.9. The molecule has 0 aliphatic carbocycles. The highest BCUT2D eigenvalue weighted by atomic mass is 16.6. The van der Waals surface area contributed by atoms with E-state index >= 15 is 0 Å². The standard InChI is InChI=1S/C13H13NO8.C11H13NO4.C9H9NO4.2C7H5NO4/c1-19-10(15)6-21-12(17)8-3-4-14-9(5-8)13(18)22-7-11(16)20-2;1-3-15-10(13)8-5-6-12-9(7-8)11(14)16-4-2;1-13-8(11)6-3-4-10-7(5-6)9(12)14-2;2*9-6(10)4-1-2-8-5(3-4)7(11)12/h3-5H,6-7H2,1-2H3;5-7H,3-4H2,1-2H3;3-5H,1-2H3;2*1-3H,(H,9,10)(H,11,12)/p-2. The molecule has 0 saturated heterocycles. The molecule has 29 nitrogen and oxygen atoms in total. The first-order valence-electron chi connectivity index (χ1n) is 20.8. The SMILES string of the molecule is CCOC(=O)c1ccnc(C(=O)OCC)c1.COC(=O)COC(=O)c1ccnc(C(=O)OCC(=O)OC)c1.COC(=O)c1ccnc(C(=O)OC)c1.O=C(O)c1ccnc(C(=O)O)c1.O=C([O-])c1ccnc(C(=O)[O-])c1. The van der Waals surface area contributed by atoms with Crippen LogP contribution in [0, 0.1) is 0 Å². The number of carbonyl (C=O) groups excluding carboxylic acids is 10. The number of aromatic nitrogens is 5. The molecule has 5 rings (SSSR count). The number of hydrogen-bond donors (Lipinski definition) is 2. The van der Waals surface area contributed by atoms with Gasteiger partial charge < -0.3 is 67.9 Å². The van der Waals surface area contributed by atoms with Gasteiger partial charge in [0.15, 0.2) is 13.2 Å². The summed E-state index contributed by atoms with van der Waals surface area (Å²) in [5.74, 6) is -10.7. The molecule has 0 amide bonds. The Labute approximate surface area is 428 Å². The minimum absolute atomic E-state index is 0.0103. The summed E-state index contributed by atoms with van der Waals surface area (Å²) in [5.41, 5.74) is -0.468. The van der Waals surface area contributed by atoms with E-state index < -0.39 is 90.5 Å². The molecule has 5 aromatic rings. The van der Waals surface area contributed by atoms with Crippen LogP contribution in [0.3, 0.4) is 0 Å². The third-order valence-electron chi connectivity index (χ3n) is 8.06. The zero-order chi connectivity index (χ0) is 57.3. The second-order valence-corrected chi connectivity index (χ2v) is 13.1. The second-order valence-electron chi connectivity index (χ2n) is 13.1. The molecule has 2 N–H and O–H groups in total. The summed E-state index contributed by atoms with van der Waals surface area (Å²) in [6.07, 6.45) is 6.11. The van der Waals surface area contributed by atoms with Crippen molar-refractivity contribution in [1.29, 1.82) is 0 Å². The number of rotatable bonds is 16. The number of carboxylic acids is 4.